The summed E-state index contributed by atoms with van der Waals surface area (Å²) < 4.78 is 5.64. The average Bonchev–Trinajstić information content (AvgIpc) is 3.04. The van der Waals surface area contributed by atoms with E-state index in [4.69, 9.17) is 4.74 Å². The van der Waals surface area contributed by atoms with Gasteiger partial charge in [-0.3, -0.25) is 9.89 Å². The molecule has 23 heavy (non-hydrogen) atoms. The number of nitrogens with one attached hydrogen (secondary N) is 2. The Morgan fingerprint density at radius 2 is 2.00 bits per heavy atom. The molecular formula is C18H34N4O. The van der Waals surface area contributed by atoms with Gasteiger partial charge in [-0.05, 0) is 18.8 Å². The SMILES string of the molecule is C=CCN(CC=C)C(CNC(=NC)NCC1CCCO1)C(C)C. The number of guanidine groups is 1. The Hall–Kier alpha value is -1.33. The van der Waals surface area contributed by atoms with Crippen LogP contribution in [0.1, 0.15) is 26.7 Å². The zero-order valence-electron chi connectivity index (χ0n) is 15.1. The van der Waals surface area contributed by atoms with Crippen LogP contribution >= 0.6 is 0 Å². The van der Waals surface area contributed by atoms with Gasteiger partial charge in [0, 0.05) is 45.9 Å². The van der Waals surface area contributed by atoms with E-state index in [1.165, 1.54) is 0 Å². The van der Waals surface area contributed by atoms with Gasteiger partial charge in [0.15, 0.2) is 5.96 Å². The van der Waals surface area contributed by atoms with Crippen molar-refractivity contribution in [2.45, 2.75) is 38.8 Å². The van der Waals surface area contributed by atoms with Crippen molar-refractivity contribution in [2.75, 3.05) is 39.8 Å². The van der Waals surface area contributed by atoms with Gasteiger partial charge < -0.3 is 15.4 Å². The van der Waals surface area contributed by atoms with E-state index in [9.17, 15) is 0 Å². The number of hydrogen-bond acceptors (Lipinski definition) is 3. The maximum absolute atomic E-state index is 5.64. The maximum atomic E-state index is 5.64. The molecular weight excluding hydrogens is 288 g/mol. The minimum atomic E-state index is 0.312. The number of aliphatic imine (C=N–C) groups is 1. The normalized spacial score (nSPS) is 19.9. The topological polar surface area (TPSA) is 48.9 Å². The highest BCUT2D eigenvalue weighted by Crippen LogP contribution is 2.11. The first-order chi connectivity index (χ1) is 11.1. The minimum absolute atomic E-state index is 0.312. The van der Waals surface area contributed by atoms with Crippen LogP contribution in [0.2, 0.25) is 0 Å². The van der Waals surface area contributed by atoms with Gasteiger partial charge in [0.1, 0.15) is 0 Å². The van der Waals surface area contributed by atoms with E-state index < -0.39 is 0 Å². The first-order valence-electron chi connectivity index (χ1n) is 8.64. The van der Waals surface area contributed by atoms with Gasteiger partial charge in [0.2, 0.25) is 0 Å². The summed E-state index contributed by atoms with van der Waals surface area (Å²) in [5.41, 5.74) is 0. The molecule has 2 unspecified atom stereocenters. The fraction of sp³-hybridized carbons (Fsp3) is 0.722. The third-order valence-corrected chi connectivity index (χ3v) is 4.19. The molecule has 0 amide bonds. The molecule has 1 fully saturated rings. The minimum Gasteiger partial charge on any atom is -0.376 e. The van der Waals surface area contributed by atoms with Crippen molar-refractivity contribution in [3.05, 3.63) is 25.3 Å². The summed E-state index contributed by atoms with van der Waals surface area (Å²) in [6.45, 7) is 16.5. The summed E-state index contributed by atoms with van der Waals surface area (Å²) in [5, 5.41) is 6.81. The van der Waals surface area contributed by atoms with Gasteiger partial charge in [-0.15, -0.1) is 13.2 Å². The molecule has 0 aromatic rings. The maximum Gasteiger partial charge on any atom is 0.191 e. The van der Waals surface area contributed by atoms with Crippen LogP contribution in [-0.4, -0.2) is 62.8 Å². The Morgan fingerprint density at radius 1 is 1.30 bits per heavy atom. The lowest BCUT2D eigenvalue weighted by molar-refractivity contribution is 0.113. The first-order valence-corrected chi connectivity index (χ1v) is 8.64. The Bertz CT molecular complexity index is 365. The number of ether oxygens (including phenoxy) is 1. The molecule has 0 radical (unpaired) electrons. The smallest absolute Gasteiger partial charge is 0.191 e. The van der Waals surface area contributed by atoms with Crippen LogP contribution in [0.3, 0.4) is 0 Å². The molecule has 1 saturated heterocycles. The molecule has 1 rings (SSSR count). The van der Waals surface area contributed by atoms with Gasteiger partial charge in [-0.2, -0.15) is 0 Å². The second-order valence-electron chi connectivity index (χ2n) is 6.31. The predicted octanol–water partition coefficient (Wildman–Crippen LogP) is 2.03. The first kappa shape index (κ1) is 19.7. The standard InChI is InChI=1S/C18H34N4O/c1-6-10-22(11-7-2)17(15(3)4)14-21-18(19-5)20-13-16-9-8-12-23-16/h6-7,15-17H,1-2,8-14H2,3-5H3,(H2,19,20,21). The monoisotopic (exact) mass is 322 g/mol. The molecule has 0 aromatic heterocycles. The number of nitrogens with zero attached hydrogens (tertiary/aromatic N) is 2. The molecule has 2 atom stereocenters. The van der Waals surface area contributed by atoms with Gasteiger partial charge >= 0.3 is 0 Å². The van der Waals surface area contributed by atoms with Crippen LogP contribution in [0.4, 0.5) is 0 Å². The molecule has 0 saturated carbocycles. The molecule has 0 spiro atoms. The van der Waals surface area contributed by atoms with Crippen molar-refractivity contribution in [3.63, 3.8) is 0 Å². The van der Waals surface area contributed by atoms with E-state index in [1.807, 2.05) is 12.2 Å². The molecule has 0 aliphatic carbocycles. The van der Waals surface area contributed by atoms with Crippen molar-refractivity contribution in [1.29, 1.82) is 0 Å². The van der Waals surface area contributed by atoms with E-state index >= 15 is 0 Å². The fourth-order valence-corrected chi connectivity index (χ4v) is 2.90. The van der Waals surface area contributed by atoms with E-state index in [2.05, 4.69) is 47.5 Å². The van der Waals surface area contributed by atoms with Crippen molar-refractivity contribution in [2.24, 2.45) is 10.9 Å². The predicted molar refractivity (Wildman–Crippen MR) is 98.9 cm³/mol. The molecule has 1 heterocycles. The second-order valence-corrected chi connectivity index (χ2v) is 6.31. The number of rotatable bonds is 10. The van der Waals surface area contributed by atoms with Crippen molar-refractivity contribution in [1.82, 2.24) is 15.5 Å². The molecule has 2 N–H and O–H groups in total. The Labute approximate surface area is 141 Å². The van der Waals surface area contributed by atoms with E-state index in [1.54, 1.807) is 7.05 Å². The Balaban J connectivity index is 2.50. The largest absolute Gasteiger partial charge is 0.376 e. The van der Waals surface area contributed by atoms with Gasteiger partial charge in [-0.1, -0.05) is 26.0 Å². The highest BCUT2D eigenvalue weighted by atomic mass is 16.5. The summed E-state index contributed by atoms with van der Waals surface area (Å²) in [6, 6.07) is 0.396. The highest BCUT2D eigenvalue weighted by molar-refractivity contribution is 5.79. The summed E-state index contributed by atoms with van der Waals surface area (Å²) in [4.78, 5) is 6.69. The van der Waals surface area contributed by atoms with E-state index in [0.717, 1.165) is 51.6 Å². The molecule has 5 nitrogen and oxygen atoms in total. The average molecular weight is 322 g/mol. The van der Waals surface area contributed by atoms with Crippen molar-refractivity contribution >= 4 is 5.96 Å². The van der Waals surface area contributed by atoms with Crippen LogP contribution in [-0.2, 0) is 4.74 Å². The lowest BCUT2D eigenvalue weighted by atomic mass is 10.0. The summed E-state index contributed by atoms with van der Waals surface area (Å²) >= 11 is 0. The van der Waals surface area contributed by atoms with Gasteiger partial charge in [0.25, 0.3) is 0 Å². The van der Waals surface area contributed by atoms with Crippen molar-refractivity contribution < 1.29 is 4.74 Å². The lowest BCUT2D eigenvalue weighted by Crippen LogP contribution is -2.50. The quantitative estimate of drug-likeness (QED) is 0.367. The molecule has 1 aliphatic rings. The van der Waals surface area contributed by atoms with Gasteiger partial charge in [-0.25, -0.2) is 0 Å². The zero-order chi connectivity index (χ0) is 17.1. The van der Waals surface area contributed by atoms with E-state index in [0.29, 0.717) is 18.1 Å². The summed E-state index contributed by atoms with van der Waals surface area (Å²) in [5.74, 6) is 1.36. The van der Waals surface area contributed by atoms with Gasteiger partial charge in [0.05, 0.1) is 6.10 Å². The van der Waals surface area contributed by atoms with E-state index in [-0.39, 0.29) is 0 Å². The molecule has 132 valence electrons. The van der Waals surface area contributed by atoms with Crippen LogP contribution in [0.25, 0.3) is 0 Å². The highest BCUT2D eigenvalue weighted by Gasteiger charge is 2.21. The van der Waals surface area contributed by atoms with Crippen LogP contribution in [0.5, 0.6) is 0 Å². The van der Waals surface area contributed by atoms with Crippen LogP contribution in [0, 0.1) is 5.92 Å². The fourth-order valence-electron chi connectivity index (χ4n) is 2.90. The Morgan fingerprint density at radius 3 is 2.48 bits per heavy atom. The zero-order valence-corrected chi connectivity index (χ0v) is 15.1. The molecule has 0 bridgehead atoms. The molecule has 1 aliphatic heterocycles. The summed E-state index contributed by atoms with van der Waals surface area (Å²) in [6.07, 6.45) is 6.50. The lowest BCUT2D eigenvalue weighted by Gasteiger charge is -2.33. The second kappa shape index (κ2) is 11.2. The molecule has 0 aromatic carbocycles. The summed E-state index contributed by atoms with van der Waals surface area (Å²) in [7, 11) is 1.81. The van der Waals surface area contributed by atoms with Crippen molar-refractivity contribution in [3.8, 4) is 0 Å². The third kappa shape index (κ3) is 7.18. The van der Waals surface area contributed by atoms with Crippen LogP contribution in [0.15, 0.2) is 30.3 Å². The number of hydrogen-bond donors (Lipinski definition) is 2. The van der Waals surface area contributed by atoms with Crippen LogP contribution < -0.4 is 10.6 Å². The Kier molecular flexibility index (Phi) is 9.64. The molecule has 5 heteroatoms. The third-order valence-electron chi connectivity index (χ3n) is 4.19.